The summed E-state index contributed by atoms with van der Waals surface area (Å²) in [5, 5.41) is 3.39. The molecule has 1 saturated heterocycles. The van der Waals surface area contributed by atoms with Crippen LogP contribution in [0.2, 0.25) is 0 Å². The van der Waals surface area contributed by atoms with E-state index in [0.717, 1.165) is 17.3 Å². The van der Waals surface area contributed by atoms with E-state index in [1.165, 1.54) is 12.1 Å². The van der Waals surface area contributed by atoms with Crippen LogP contribution in [0.5, 0.6) is 0 Å². The molecule has 1 aromatic carbocycles. The number of anilines is 1. The van der Waals surface area contributed by atoms with Crippen LogP contribution in [-0.4, -0.2) is 18.2 Å². The van der Waals surface area contributed by atoms with Gasteiger partial charge in [-0.25, -0.2) is 0 Å². The van der Waals surface area contributed by atoms with Crippen molar-refractivity contribution in [2.75, 3.05) is 11.9 Å². The van der Waals surface area contributed by atoms with Gasteiger partial charge in [-0.2, -0.15) is 13.2 Å². The maximum Gasteiger partial charge on any atom is 0.416 e. The minimum Gasteiger partial charge on any atom is -0.374 e. The number of hydrogen-bond acceptors (Lipinski definition) is 2. The number of benzene rings is 1. The van der Waals surface area contributed by atoms with Gasteiger partial charge in [0.15, 0.2) is 0 Å². The van der Waals surface area contributed by atoms with Crippen molar-refractivity contribution in [1.29, 1.82) is 0 Å². The van der Waals surface area contributed by atoms with Gasteiger partial charge in [0.25, 0.3) is 0 Å². The first kappa shape index (κ1) is 13.7. The smallest absolute Gasteiger partial charge is 0.374 e. The van der Waals surface area contributed by atoms with Crippen molar-refractivity contribution in [3.8, 4) is 0 Å². The fourth-order valence-corrected chi connectivity index (χ4v) is 3.38. The number of hydrogen-bond donors (Lipinski definition) is 1. The lowest BCUT2D eigenvalue weighted by Crippen LogP contribution is -2.67. The van der Waals surface area contributed by atoms with Crippen molar-refractivity contribution in [2.24, 2.45) is 5.41 Å². The Kier molecular flexibility index (Phi) is 2.68. The number of halogens is 3. The molecule has 0 radical (unpaired) electrons. The van der Waals surface area contributed by atoms with E-state index < -0.39 is 11.7 Å². The van der Waals surface area contributed by atoms with Gasteiger partial charge < -0.3 is 10.1 Å². The summed E-state index contributed by atoms with van der Waals surface area (Å²) in [7, 11) is 0. The Bertz CT molecular complexity index is 547. The fraction of sp³-hybridized carbons (Fsp3) is 0.600. The third-order valence-electron chi connectivity index (χ3n) is 4.12. The largest absolute Gasteiger partial charge is 0.416 e. The molecule has 2 unspecified atom stereocenters. The summed E-state index contributed by atoms with van der Waals surface area (Å²) >= 11 is 0. The van der Waals surface area contributed by atoms with E-state index in [2.05, 4.69) is 26.1 Å². The Morgan fingerprint density at radius 2 is 1.95 bits per heavy atom. The summed E-state index contributed by atoms with van der Waals surface area (Å²) in [6.45, 7) is 6.81. The molecule has 2 heterocycles. The van der Waals surface area contributed by atoms with E-state index in [4.69, 9.17) is 4.74 Å². The summed E-state index contributed by atoms with van der Waals surface area (Å²) in [5.74, 6) is 0. The molecule has 1 spiro atoms. The molecule has 2 aliphatic heterocycles. The molecule has 1 aromatic rings. The van der Waals surface area contributed by atoms with Crippen LogP contribution in [0.1, 0.15) is 31.9 Å². The molecule has 0 bridgehead atoms. The molecule has 5 heteroatoms. The molecule has 2 nitrogen and oxygen atoms in total. The second-order valence-electron chi connectivity index (χ2n) is 6.88. The molecule has 0 saturated carbocycles. The highest BCUT2D eigenvalue weighted by Gasteiger charge is 2.56. The van der Waals surface area contributed by atoms with Crippen molar-refractivity contribution >= 4 is 5.69 Å². The van der Waals surface area contributed by atoms with Gasteiger partial charge in [0.2, 0.25) is 0 Å². The zero-order valence-corrected chi connectivity index (χ0v) is 11.8. The van der Waals surface area contributed by atoms with E-state index in [1.807, 2.05) is 0 Å². The van der Waals surface area contributed by atoms with E-state index in [9.17, 15) is 13.2 Å². The first-order valence-electron chi connectivity index (χ1n) is 6.72. The van der Waals surface area contributed by atoms with Crippen LogP contribution in [0.15, 0.2) is 18.2 Å². The minimum absolute atomic E-state index is 0.0109. The van der Waals surface area contributed by atoms with Crippen LogP contribution in [0.25, 0.3) is 0 Å². The van der Waals surface area contributed by atoms with Crippen LogP contribution in [0.4, 0.5) is 18.9 Å². The summed E-state index contributed by atoms with van der Waals surface area (Å²) in [5.41, 5.74) is 0.667. The van der Waals surface area contributed by atoms with E-state index in [0.29, 0.717) is 13.0 Å². The highest BCUT2D eigenvalue weighted by atomic mass is 19.4. The summed E-state index contributed by atoms with van der Waals surface area (Å²) in [6.07, 6.45) is -3.69. The standard InChI is InChI=1S/C15H18F3NO/c1-13(2,3)12-14(8-20-12)7-9-6-10(15(16,17)18)4-5-11(9)19-14/h4-6,12,19H,7-8H2,1-3H3. The first-order chi connectivity index (χ1) is 9.12. The lowest BCUT2D eigenvalue weighted by molar-refractivity contribution is -0.168. The predicted octanol–water partition coefficient (Wildman–Crippen LogP) is 3.86. The third-order valence-corrected chi connectivity index (χ3v) is 4.12. The predicted molar refractivity (Wildman–Crippen MR) is 70.7 cm³/mol. The number of nitrogens with one attached hydrogen (secondary N) is 1. The lowest BCUT2D eigenvalue weighted by atomic mass is 9.72. The Morgan fingerprint density at radius 3 is 2.45 bits per heavy atom. The van der Waals surface area contributed by atoms with Gasteiger partial charge in [0.1, 0.15) is 0 Å². The van der Waals surface area contributed by atoms with E-state index in [1.54, 1.807) is 0 Å². The van der Waals surface area contributed by atoms with Crippen LogP contribution in [0.3, 0.4) is 0 Å². The monoisotopic (exact) mass is 285 g/mol. The molecule has 1 fully saturated rings. The zero-order chi connectivity index (χ0) is 14.8. The SMILES string of the molecule is CC(C)(C)C1OCC12Cc1cc(C(F)(F)F)ccc1N2. The quantitative estimate of drug-likeness (QED) is 0.781. The molecule has 2 aliphatic rings. The van der Waals surface area contributed by atoms with Crippen molar-refractivity contribution in [1.82, 2.24) is 0 Å². The Labute approximate surface area is 116 Å². The maximum absolute atomic E-state index is 12.8. The van der Waals surface area contributed by atoms with Crippen molar-refractivity contribution < 1.29 is 17.9 Å². The van der Waals surface area contributed by atoms with Crippen LogP contribution in [0, 0.1) is 5.41 Å². The number of alkyl halides is 3. The summed E-state index contributed by atoms with van der Waals surface area (Å²) < 4.78 is 44.0. The zero-order valence-electron chi connectivity index (χ0n) is 11.8. The second-order valence-corrected chi connectivity index (χ2v) is 6.88. The fourth-order valence-electron chi connectivity index (χ4n) is 3.38. The van der Waals surface area contributed by atoms with Gasteiger partial charge in [0, 0.05) is 12.1 Å². The average molecular weight is 285 g/mol. The topological polar surface area (TPSA) is 21.3 Å². The van der Waals surface area contributed by atoms with Crippen LogP contribution >= 0.6 is 0 Å². The van der Waals surface area contributed by atoms with Crippen molar-refractivity contribution in [2.45, 2.75) is 45.0 Å². The van der Waals surface area contributed by atoms with Gasteiger partial charge in [0.05, 0.1) is 23.8 Å². The minimum atomic E-state index is -4.29. The molecule has 1 N–H and O–H groups in total. The highest BCUT2D eigenvalue weighted by Crippen LogP contribution is 2.48. The average Bonchev–Trinajstić information content (AvgIpc) is 2.63. The number of rotatable bonds is 0. The normalized spacial score (nSPS) is 29.0. The molecule has 110 valence electrons. The Hall–Kier alpha value is -1.23. The number of ether oxygens (including phenoxy) is 1. The molecular weight excluding hydrogens is 267 g/mol. The molecule has 0 aliphatic carbocycles. The second kappa shape index (κ2) is 3.91. The van der Waals surface area contributed by atoms with Gasteiger partial charge in [-0.1, -0.05) is 20.8 Å². The molecule has 0 aromatic heterocycles. The van der Waals surface area contributed by atoms with Gasteiger partial charge in [-0.05, 0) is 29.2 Å². The molecular formula is C15H18F3NO. The molecule has 20 heavy (non-hydrogen) atoms. The van der Waals surface area contributed by atoms with Gasteiger partial charge >= 0.3 is 6.18 Å². The third kappa shape index (κ3) is 1.99. The van der Waals surface area contributed by atoms with E-state index >= 15 is 0 Å². The van der Waals surface area contributed by atoms with Gasteiger partial charge in [-0.15, -0.1) is 0 Å². The molecule has 2 atom stereocenters. The Balaban J connectivity index is 1.90. The van der Waals surface area contributed by atoms with Gasteiger partial charge in [-0.3, -0.25) is 0 Å². The number of fused-ring (bicyclic) bond motifs is 1. The van der Waals surface area contributed by atoms with Crippen molar-refractivity contribution in [3.05, 3.63) is 29.3 Å². The lowest BCUT2D eigenvalue weighted by Gasteiger charge is -2.53. The molecule has 3 rings (SSSR count). The van der Waals surface area contributed by atoms with Crippen LogP contribution < -0.4 is 5.32 Å². The Morgan fingerprint density at radius 1 is 1.25 bits per heavy atom. The van der Waals surface area contributed by atoms with Crippen LogP contribution in [-0.2, 0) is 17.3 Å². The summed E-state index contributed by atoms with van der Waals surface area (Å²) in [4.78, 5) is 0. The summed E-state index contributed by atoms with van der Waals surface area (Å²) in [6, 6.07) is 3.93. The van der Waals surface area contributed by atoms with Crippen molar-refractivity contribution in [3.63, 3.8) is 0 Å². The maximum atomic E-state index is 12.8. The first-order valence-corrected chi connectivity index (χ1v) is 6.72. The molecule has 0 amide bonds. The van der Waals surface area contributed by atoms with E-state index in [-0.39, 0.29) is 17.1 Å². The highest BCUT2D eigenvalue weighted by molar-refractivity contribution is 5.61.